The topological polar surface area (TPSA) is 123 Å². The zero-order chi connectivity index (χ0) is 16.0. The van der Waals surface area contributed by atoms with E-state index in [1.807, 2.05) is 6.92 Å². The van der Waals surface area contributed by atoms with Gasteiger partial charge in [0, 0.05) is 6.54 Å². The van der Waals surface area contributed by atoms with Crippen LogP contribution in [0.15, 0.2) is 23.1 Å². The predicted molar refractivity (Wildman–Crippen MR) is 81.2 cm³/mol. The second-order valence-corrected chi connectivity index (χ2v) is 5.82. The zero-order valence-corrected chi connectivity index (χ0v) is 13.1. The molecule has 0 saturated carbocycles. The first kappa shape index (κ1) is 17.1. The molecule has 10 heteroatoms. The van der Waals surface area contributed by atoms with Crippen LogP contribution in [-0.2, 0) is 10.0 Å². The van der Waals surface area contributed by atoms with Crippen molar-refractivity contribution < 1.29 is 17.9 Å². The van der Waals surface area contributed by atoms with Crippen LogP contribution in [0.1, 0.15) is 17.3 Å². The smallest absolute Gasteiger partial charge is 0.273 e. The fourth-order valence-corrected chi connectivity index (χ4v) is 2.16. The summed E-state index contributed by atoms with van der Waals surface area (Å²) in [6.07, 6.45) is 0. The van der Waals surface area contributed by atoms with Gasteiger partial charge in [-0.15, -0.1) is 0 Å². The van der Waals surface area contributed by atoms with Gasteiger partial charge in [0.25, 0.3) is 5.91 Å². The Morgan fingerprint density at radius 2 is 2.05 bits per heavy atom. The largest absolute Gasteiger partial charge is 0.496 e. The van der Waals surface area contributed by atoms with Crippen molar-refractivity contribution in [3.05, 3.63) is 23.8 Å². The van der Waals surface area contributed by atoms with Gasteiger partial charge in [-0.3, -0.25) is 15.6 Å². The summed E-state index contributed by atoms with van der Waals surface area (Å²) < 4.78 is 27.7. The SMILES string of the molecule is CCNC(=S)NNC(=O)c1cc(S(N)(=O)=O)ccc1OC. The first-order chi connectivity index (χ1) is 9.79. The van der Waals surface area contributed by atoms with Gasteiger partial charge in [-0.2, -0.15) is 0 Å². The lowest BCUT2D eigenvalue weighted by Gasteiger charge is -2.13. The van der Waals surface area contributed by atoms with Gasteiger partial charge in [0.15, 0.2) is 5.11 Å². The summed E-state index contributed by atoms with van der Waals surface area (Å²) in [6, 6.07) is 3.72. The molecule has 5 N–H and O–H groups in total. The van der Waals surface area contributed by atoms with E-state index in [-0.39, 0.29) is 21.3 Å². The van der Waals surface area contributed by atoms with Gasteiger partial charge in [0.05, 0.1) is 17.6 Å². The summed E-state index contributed by atoms with van der Waals surface area (Å²) in [5.74, 6) is -0.409. The molecule has 1 aromatic rings. The van der Waals surface area contributed by atoms with E-state index in [1.165, 1.54) is 19.2 Å². The molecule has 1 aromatic carbocycles. The number of primary sulfonamides is 1. The molecule has 0 spiro atoms. The van der Waals surface area contributed by atoms with Crippen LogP contribution < -0.4 is 26.0 Å². The van der Waals surface area contributed by atoms with Crippen LogP contribution in [0.2, 0.25) is 0 Å². The third kappa shape index (κ3) is 4.85. The van der Waals surface area contributed by atoms with Crippen LogP contribution in [0, 0.1) is 0 Å². The van der Waals surface area contributed by atoms with Crippen LogP contribution in [0.4, 0.5) is 0 Å². The molecule has 0 saturated heterocycles. The molecule has 0 aliphatic carbocycles. The van der Waals surface area contributed by atoms with Gasteiger partial charge >= 0.3 is 0 Å². The zero-order valence-electron chi connectivity index (χ0n) is 11.5. The van der Waals surface area contributed by atoms with Gasteiger partial charge < -0.3 is 10.1 Å². The van der Waals surface area contributed by atoms with Crippen molar-refractivity contribution >= 4 is 33.3 Å². The first-order valence-electron chi connectivity index (χ1n) is 5.84. The van der Waals surface area contributed by atoms with E-state index in [2.05, 4.69) is 16.2 Å². The maximum absolute atomic E-state index is 12.0. The Labute approximate surface area is 128 Å². The third-order valence-electron chi connectivity index (χ3n) is 2.37. The summed E-state index contributed by atoms with van der Waals surface area (Å²) in [5, 5.41) is 8.04. The predicted octanol–water partition coefficient (Wildman–Crippen LogP) is -0.529. The van der Waals surface area contributed by atoms with Crippen molar-refractivity contribution in [1.29, 1.82) is 0 Å². The summed E-state index contributed by atoms with van der Waals surface area (Å²) in [7, 11) is -2.56. The van der Waals surface area contributed by atoms with Gasteiger partial charge in [-0.1, -0.05) is 0 Å². The average Bonchev–Trinajstić information content (AvgIpc) is 2.43. The monoisotopic (exact) mass is 332 g/mol. The van der Waals surface area contributed by atoms with E-state index in [0.29, 0.717) is 6.54 Å². The number of hydrogen-bond acceptors (Lipinski definition) is 5. The van der Waals surface area contributed by atoms with Crippen molar-refractivity contribution in [2.75, 3.05) is 13.7 Å². The molecule has 0 heterocycles. The van der Waals surface area contributed by atoms with E-state index in [1.54, 1.807) is 0 Å². The molecule has 1 rings (SSSR count). The quantitative estimate of drug-likeness (QED) is 0.432. The van der Waals surface area contributed by atoms with E-state index in [4.69, 9.17) is 22.1 Å². The van der Waals surface area contributed by atoms with E-state index in [0.717, 1.165) is 6.07 Å². The number of rotatable bonds is 4. The maximum Gasteiger partial charge on any atom is 0.273 e. The second-order valence-electron chi connectivity index (χ2n) is 3.85. The lowest BCUT2D eigenvalue weighted by molar-refractivity contribution is 0.0940. The Morgan fingerprint density at radius 3 is 2.57 bits per heavy atom. The number of carbonyl (C=O) groups is 1. The minimum atomic E-state index is -3.92. The molecule has 0 fully saturated rings. The number of benzene rings is 1. The second kappa shape index (κ2) is 7.20. The Bertz CT molecular complexity index is 646. The number of amides is 1. The molecule has 0 unspecified atom stereocenters. The number of nitrogens with one attached hydrogen (secondary N) is 3. The molecular formula is C11H16N4O4S2. The molecular weight excluding hydrogens is 316 g/mol. The van der Waals surface area contributed by atoms with Crippen LogP contribution in [0.5, 0.6) is 5.75 Å². The number of thiocarbonyl (C=S) groups is 1. The first-order valence-corrected chi connectivity index (χ1v) is 7.80. The normalized spacial score (nSPS) is 10.6. The van der Waals surface area contributed by atoms with Crippen LogP contribution in [0.25, 0.3) is 0 Å². The maximum atomic E-state index is 12.0. The van der Waals surface area contributed by atoms with Crippen LogP contribution in [-0.4, -0.2) is 33.1 Å². The van der Waals surface area contributed by atoms with Crippen molar-refractivity contribution in [2.45, 2.75) is 11.8 Å². The van der Waals surface area contributed by atoms with Crippen molar-refractivity contribution in [1.82, 2.24) is 16.2 Å². The van der Waals surface area contributed by atoms with Crippen molar-refractivity contribution in [3.63, 3.8) is 0 Å². The summed E-state index contributed by atoms with van der Waals surface area (Å²) in [6.45, 7) is 2.43. The van der Waals surface area contributed by atoms with Crippen molar-refractivity contribution in [2.24, 2.45) is 5.14 Å². The highest BCUT2D eigenvalue weighted by molar-refractivity contribution is 7.89. The molecule has 8 nitrogen and oxygen atoms in total. The standard InChI is InChI=1S/C11H16N4O4S2/c1-3-13-11(20)15-14-10(16)8-6-7(21(12,17)18)4-5-9(8)19-2/h4-6H,3H2,1-2H3,(H,14,16)(H2,12,17,18)(H2,13,15,20). The summed E-state index contributed by atoms with van der Waals surface area (Å²) in [4.78, 5) is 11.8. The van der Waals surface area contributed by atoms with Gasteiger partial charge in [-0.05, 0) is 37.3 Å². The van der Waals surface area contributed by atoms with Crippen LogP contribution in [0.3, 0.4) is 0 Å². The highest BCUT2D eigenvalue weighted by Crippen LogP contribution is 2.21. The molecule has 0 radical (unpaired) electrons. The average molecular weight is 332 g/mol. The Hall–Kier alpha value is -1.91. The Kier molecular flexibility index (Phi) is 5.88. The number of sulfonamides is 1. The highest BCUT2D eigenvalue weighted by Gasteiger charge is 2.17. The van der Waals surface area contributed by atoms with Crippen molar-refractivity contribution in [3.8, 4) is 5.75 Å². The fourth-order valence-electron chi connectivity index (χ4n) is 1.43. The molecule has 1 amide bonds. The van der Waals surface area contributed by atoms with Crippen LogP contribution >= 0.6 is 12.2 Å². The molecule has 0 bridgehead atoms. The Morgan fingerprint density at radius 1 is 1.38 bits per heavy atom. The number of nitrogens with two attached hydrogens (primary N) is 1. The summed E-state index contributed by atoms with van der Waals surface area (Å²) >= 11 is 4.88. The van der Waals surface area contributed by atoms with E-state index in [9.17, 15) is 13.2 Å². The Balaban J connectivity index is 2.99. The van der Waals surface area contributed by atoms with Gasteiger partial charge in [-0.25, -0.2) is 13.6 Å². The van der Waals surface area contributed by atoms with Gasteiger partial charge in [0.2, 0.25) is 10.0 Å². The number of ether oxygens (including phenoxy) is 1. The minimum absolute atomic E-state index is 0.0100. The minimum Gasteiger partial charge on any atom is -0.496 e. The van der Waals surface area contributed by atoms with E-state index < -0.39 is 15.9 Å². The molecule has 0 atom stereocenters. The number of hydrazine groups is 1. The number of carbonyl (C=O) groups excluding carboxylic acids is 1. The molecule has 116 valence electrons. The molecule has 0 aliphatic heterocycles. The number of hydrogen-bond donors (Lipinski definition) is 4. The lowest BCUT2D eigenvalue weighted by atomic mass is 10.2. The third-order valence-corrected chi connectivity index (χ3v) is 3.53. The fraction of sp³-hybridized carbons (Fsp3) is 0.273. The molecule has 21 heavy (non-hydrogen) atoms. The van der Waals surface area contributed by atoms with Gasteiger partial charge in [0.1, 0.15) is 5.75 Å². The number of methoxy groups -OCH3 is 1. The highest BCUT2D eigenvalue weighted by atomic mass is 32.2. The summed E-state index contributed by atoms with van der Waals surface area (Å²) in [5.41, 5.74) is 4.81. The van der Waals surface area contributed by atoms with E-state index >= 15 is 0 Å². The molecule has 0 aliphatic rings. The lowest BCUT2D eigenvalue weighted by Crippen LogP contribution is -2.46. The molecule has 0 aromatic heterocycles.